The molecule has 3 rings (SSSR count). The summed E-state index contributed by atoms with van der Waals surface area (Å²) in [6.45, 7) is 0.861. The maximum absolute atomic E-state index is 2.59. The third-order valence-electron chi connectivity index (χ3n) is 4.78. The Morgan fingerprint density at radius 3 is 2.11 bits per heavy atom. The van der Waals surface area contributed by atoms with Crippen LogP contribution in [0.3, 0.4) is 0 Å². The predicted octanol–water partition coefficient (Wildman–Crippen LogP) is 5.60. The molecule has 0 unspecified atom stereocenters. The first-order chi connectivity index (χ1) is 8.84. The van der Waals surface area contributed by atoms with E-state index in [0.717, 1.165) is 18.3 Å². The van der Waals surface area contributed by atoms with Gasteiger partial charge >= 0.3 is 0 Å². The highest BCUT2D eigenvalue weighted by Crippen LogP contribution is 2.47. The second-order valence-corrected chi connectivity index (χ2v) is 7.00. The number of fused-ring (bicyclic) bond motifs is 2. The average Bonchev–Trinajstić information content (AvgIpc) is 2.39. The second kappa shape index (κ2) is 5.81. The van der Waals surface area contributed by atoms with Gasteiger partial charge < -0.3 is 0 Å². The Hall–Kier alpha value is -0.245. The molecule has 2 heteroatoms. The van der Waals surface area contributed by atoms with Gasteiger partial charge in [0.2, 0.25) is 0 Å². The lowest BCUT2D eigenvalue weighted by Gasteiger charge is -2.39. The Morgan fingerprint density at radius 2 is 1.56 bits per heavy atom. The van der Waals surface area contributed by atoms with Gasteiger partial charge in [-0.15, -0.1) is 5.98 Å². The lowest BCUT2D eigenvalue weighted by Crippen LogP contribution is -2.33. The van der Waals surface area contributed by atoms with Crippen molar-refractivity contribution < 1.29 is 0 Å². The van der Waals surface area contributed by atoms with Crippen LogP contribution in [0.4, 0.5) is 0 Å². The van der Waals surface area contributed by atoms with E-state index in [1.165, 1.54) is 47.7 Å². The molecule has 1 aromatic rings. The quantitative estimate of drug-likeness (QED) is 0.481. The van der Waals surface area contributed by atoms with Gasteiger partial charge in [-0.3, -0.25) is 0 Å². The van der Waals surface area contributed by atoms with Crippen molar-refractivity contribution in [2.24, 2.45) is 0 Å². The minimum absolute atomic E-state index is 0.861. The number of benzene rings is 1. The van der Waals surface area contributed by atoms with Gasteiger partial charge in [-0.2, -0.15) is 0 Å². The Balaban J connectivity index is 1.82. The first-order valence-corrected chi connectivity index (χ1v) is 8.35. The highest BCUT2D eigenvalue weighted by molar-refractivity contribution is 14.1. The summed E-state index contributed by atoms with van der Waals surface area (Å²) in [5.41, 5.74) is 1.39. The summed E-state index contributed by atoms with van der Waals surface area (Å²) in [6.07, 6.45) is 8.82. The molecule has 0 radical (unpaired) electrons. The summed E-state index contributed by atoms with van der Waals surface area (Å²) in [5.74, 6) is 4.54. The van der Waals surface area contributed by atoms with Gasteiger partial charge in [0, 0.05) is 3.58 Å². The van der Waals surface area contributed by atoms with E-state index in [9.17, 15) is 0 Å². The summed E-state index contributed by atoms with van der Waals surface area (Å²) in [6, 6.07) is 10.9. The maximum Gasteiger partial charge on any atom is 0.174 e. The molecule has 0 aliphatic carbocycles. The normalized spacial score (nSPS) is 28.3. The second-order valence-electron chi connectivity index (χ2n) is 5.84. The van der Waals surface area contributed by atoms with Crippen LogP contribution in [0.15, 0.2) is 36.3 Å². The number of hydrogen-bond acceptors (Lipinski definition) is 0. The molecule has 0 spiro atoms. The van der Waals surface area contributed by atoms with Crippen LogP contribution in [-0.4, -0.2) is 6.71 Å². The van der Waals surface area contributed by atoms with Crippen LogP contribution in [-0.2, 0) is 0 Å². The van der Waals surface area contributed by atoms with Gasteiger partial charge in [0.05, 0.1) is 0 Å². The van der Waals surface area contributed by atoms with E-state index in [2.05, 4.69) is 58.9 Å². The summed E-state index contributed by atoms with van der Waals surface area (Å²) in [4.78, 5) is 0. The fraction of sp³-hybridized carbons (Fsp3) is 0.500. The molecule has 2 saturated heterocycles. The molecular formula is C16H20BI. The standard InChI is InChI=1S/C16H20BI/c18-16(13-6-2-1-3-7-13)12-17-14-8-4-9-15(17)11-5-10-14/h1-3,6-7,12,14-15H,4-5,8-11H2/b16-12+. The van der Waals surface area contributed by atoms with E-state index in [1.54, 1.807) is 0 Å². The largest absolute Gasteiger partial charge is 0.174 e. The zero-order chi connectivity index (χ0) is 12.4. The van der Waals surface area contributed by atoms with Crippen molar-refractivity contribution in [3.05, 3.63) is 41.9 Å². The van der Waals surface area contributed by atoms with Crippen molar-refractivity contribution >= 4 is 32.9 Å². The maximum atomic E-state index is 2.59. The van der Waals surface area contributed by atoms with Crippen molar-refractivity contribution in [2.75, 3.05) is 0 Å². The first-order valence-electron chi connectivity index (χ1n) is 7.27. The molecule has 94 valence electrons. The minimum Gasteiger partial charge on any atom is -0.101 e. The van der Waals surface area contributed by atoms with Gasteiger partial charge in [-0.25, -0.2) is 0 Å². The molecule has 0 atom stereocenters. The van der Waals surface area contributed by atoms with Crippen LogP contribution in [0.1, 0.15) is 44.1 Å². The molecule has 2 aliphatic rings. The van der Waals surface area contributed by atoms with Crippen LogP contribution < -0.4 is 0 Å². The third kappa shape index (κ3) is 2.68. The van der Waals surface area contributed by atoms with Crippen LogP contribution in [0.25, 0.3) is 3.58 Å². The fourth-order valence-corrected chi connectivity index (χ4v) is 4.64. The van der Waals surface area contributed by atoms with Gasteiger partial charge in [-0.05, 0) is 28.2 Å². The molecule has 1 aromatic carbocycles. The van der Waals surface area contributed by atoms with E-state index >= 15 is 0 Å². The topological polar surface area (TPSA) is 0 Å². The molecule has 0 aromatic heterocycles. The van der Waals surface area contributed by atoms with Gasteiger partial charge in [-0.1, -0.05) is 80.5 Å². The Labute approximate surface area is 124 Å². The Morgan fingerprint density at radius 1 is 1.00 bits per heavy atom. The molecule has 0 nitrogen and oxygen atoms in total. The summed E-state index contributed by atoms with van der Waals surface area (Å²) in [5, 5.41) is 0. The van der Waals surface area contributed by atoms with E-state index in [0.29, 0.717) is 0 Å². The lowest BCUT2D eigenvalue weighted by molar-refractivity contribution is 0.447. The Kier molecular flexibility index (Phi) is 4.12. The van der Waals surface area contributed by atoms with E-state index < -0.39 is 0 Å². The smallest absolute Gasteiger partial charge is 0.101 e. The number of hydrogen-bond donors (Lipinski definition) is 0. The van der Waals surface area contributed by atoms with Gasteiger partial charge in [0.25, 0.3) is 0 Å². The molecule has 0 N–H and O–H groups in total. The summed E-state index contributed by atoms with van der Waals surface area (Å²) >= 11 is 2.53. The first kappa shape index (κ1) is 12.8. The fourth-order valence-electron chi connectivity index (χ4n) is 3.86. The summed E-state index contributed by atoms with van der Waals surface area (Å²) in [7, 11) is 0. The Bertz CT molecular complexity index is 404. The molecule has 18 heavy (non-hydrogen) atoms. The zero-order valence-corrected chi connectivity index (χ0v) is 13.0. The number of rotatable bonds is 2. The molecule has 0 amide bonds. The molecule has 2 fully saturated rings. The van der Waals surface area contributed by atoms with Crippen LogP contribution >= 0.6 is 22.6 Å². The molecule has 2 heterocycles. The highest BCUT2D eigenvalue weighted by atomic mass is 127. The monoisotopic (exact) mass is 350 g/mol. The number of halogens is 1. The molecule has 0 saturated carbocycles. The van der Waals surface area contributed by atoms with Crippen molar-refractivity contribution in [1.82, 2.24) is 0 Å². The highest BCUT2D eigenvalue weighted by Gasteiger charge is 2.37. The van der Waals surface area contributed by atoms with Gasteiger partial charge in [0.15, 0.2) is 6.71 Å². The average molecular weight is 350 g/mol. The van der Waals surface area contributed by atoms with Gasteiger partial charge in [0.1, 0.15) is 0 Å². The van der Waals surface area contributed by atoms with E-state index in [1.807, 2.05) is 0 Å². The van der Waals surface area contributed by atoms with E-state index in [4.69, 9.17) is 0 Å². The molecular weight excluding hydrogens is 330 g/mol. The van der Waals surface area contributed by atoms with E-state index in [-0.39, 0.29) is 0 Å². The zero-order valence-electron chi connectivity index (χ0n) is 10.8. The lowest BCUT2D eigenvalue weighted by atomic mass is 9.27. The molecule has 2 aliphatic heterocycles. The SMILES string of the molecule is I/C(=C/B1C2CCCC1CCC2)c1ccccc1. The van der Waals surface area contributed by atoms with Crippen molar-refractivity contribution in [3.63, 3.8) is 0 Å². The van der Waals surface area contributed by atoms with Crippen LogP contribution in [0, 0.1) is 0 Å². The van der Waals surface area contributed by atoms with Crippen LogP contribution in [0.2, 0.25) is 11.6 Å². The molecule has 2 bridgehead atoms. The van der Waals surface area contributed by atoms with Crippen molar-refractivity contribution in [1.29, 1.82) is 0 Å². The van der Waals surface area contributed by atoms with Crippen molar-refractivity contribution in [2.45, 2.75) is 50.2 Å². The summed E-state index contributed by atoms with van der Waals surface area (Å²) < 4.78 is 1.46. The van der Waals surface area contributed by atoms with Crippen LogP contribution in [0.5, 0.6) is 0 Å². The predicted molar refractivity (Wildman–Crippen MR) is 89.4 cm³/mol. The minimum atomic E-state index is 0.861. The van der Waals surface area contributed by atoms with Crippen molar-refractivity contribution in [3.8, 4) is 0 Å². The third-order valence-corrected chi connectivity index (χ3v) is 5.76.